The maximum absolute atomic E-state index is 13.6. The van der Waals surface area contributed by atoms with Crippen molar-refractivity contribution in [2.45, 2.75) is 25.8 Å². The standard InChI is InChI=1S/C30H27ClN4O6/c31-23-3-1-19(2-4-23)18-35-28(37)21(14-27(36)20-9-11-40-12-10-20)16-33-30(35)34-24-5-7-25(8-6-24)41-26-13-22(29(38)39)15-32-17-26/h1-8,13,15-17,20H,9-12,14,18H2,(H,33,34)(H,38,39). The van der Waals surface area contributed by atoms with Gasteiger partial charge in [-0.1, -0.05) is 23.7 Å². The van der Waals surface area contributed by atoms with E-state index in [1.807, 2.05) is 12.1 Å². The number of carbonyl (C=O) groups excluding carboxylic acids is 1. The van der Waals surface area contributed by atoms with Gasteiger partial charge in [0.15, 0.2) is 0 Å². The topological polar surface area (TPSA) is 133 Å². The van der Waals surface area contributed by atoms with E-state index in [-0.39, 0.29) is 41.5 Å². The minimum Gasteiger partial charge on any atom is -0.478 e. The van der Waals surface area contributed by atoms with Crippen LogP contribution in [0.25, 0.3) is 0 Å². The third-order valence-corrected chi connectivity index (χ3v) is 6.97. The molecule has 2 N–H and O–H groups in total. The Morgan fingerprint density at radius 1 is 1.02 bits per heavy atom. The van der Waals surface area contributed by atoms with Crippen LogP contribution in [0.15, 0.2) is 78.0 Å². The first kappa shape index (κ1) is 28.0. The van der Waals surface area contributed by atoms with Crippen LogP contribution in [-0.4, -0.2) is 44.6 Å². The van der Waals surface area contributed by atoms with E-state index in [0.717, 1.165) is 5.56 Å². The van der Waals surface area contributed by atoms with E-state index in [4.69, 9.17) is 26.2 Å². The summed E-state index contributed by atoms with van der Waals surface area (Å²) in [5, 5.41) is 12.9. The molecule has 0 bridgehead atoms. The van der Waals surface area contributed by atoms with Gasteiger partial charge in [-0.05, 0) is 60.9 Å². The highest BCUT2D eigenvalue weighted by Crippen LogP contribution is 2.25. The molecule has 0 aliphatic carbocycles. The van der Waals surface area contributed by atoms with Crippen LogP contribution in [0.1, 0.15) is 34.3 Å². The Balaban J connectivity index is 1.37. The van der Waals surface area contributed by atoms with Crippen LogP contribution in [0.2, 0.25) is 5.02 Å². The molecule has 0 radical (unpaired) electrons. The summed E-state index contributed by atoms with van der Waals surface area (Å²) in [6.45, 7) is 1.32. The predicted octanol–water partition coefficient (Wildman–Crippen LogP) is 5.11. The van der Waals surface area contributed by atoms with Gasteiger partial charge in [0.2, 0.25) is 5.95 Å². The number of carboxylic acids is 1. The Morgan fingerprint density at radius 2 is 1.76 bits per heavy atom. The summed E-state index contributed by atoms with van der Waals surface area (Å²) < 4.78 is 12.6. The van der Waals surface area contributed by atoms with Crippen LogP contribution in [0.3, 0.4) is 0 Å². The van der Waals surface area contributed by atoms with E-state index >= 15 is 0 Å². The van der Waals surface area contributed by atoms with Crippen LogP contribution >= 0.6 is 11.6 Å². The fourth-order valence-corrected chi connectivity index (χ4v) is 4.61. The van der Waals surface area contributed by atoms with E-state index in [2.05, 4.69) is 15.3 Å². The fraction of sp³-hybridized carbons (Fsp3) is 0.233. The number of carbonyl (C=O) groups is 2. The van der Waals surface area contributed by atoms with E-state index in [0.29, 0.717) is 54.0 Å². The number of Topliss-reactive ketones (excluding diaryl/α,β-unsaturated/α-hetero) is 1. The Kier molecular flexibility index (Phi) is 8.71. The Morgan fingerprint density at radius 3 is 2.46 bits per heavy atom. The highest BCUT2D eigenvalue weighted by atomic mass is 35.5. The van der Waals surface area contributed by atoms with E-state index in [9.17, 15) is 14.4 Å². The van der Waals surface area contributed by atoms with Crippen LogP contribution in [0, 0.1) is 5.92 Å². The number of halogens is 1. The lowest BCUT2D eigenvalue weighted by Crippen LogP contribution is -2.31. The van der Waals surface area contributed by atoms with Crippen LogP contribution < -0.4 is 15.6 Å². The molecule has 1 saturated heterocycles. The third-order valence-electron chi connectivity index (χ3n) is 6.72. The molecule has 0 atom stereocenters. The first-order chi connectivity index (χ1) is 19.9. The van der Waals surface area contributed by atoms with Gasteiger partial charge in [0.25, 0.3) is 5.56 Å². The molecule has 1 fully saturated rings. The van der Waals surface area contributed by atoms with Gasteiger partial charge in [-0.15, -0.1) is 0 Å². The van der Waals surface area contributed by atoms with Crippen molar-refractivity contribution >= 4 is 35.0 Å². The molecule has 5 rings (SSSR count). The second-order valence-electron chi connectivity index (χ2n) is 9.62. The summed E-state index contributed by atoms with van der Waals surface area (Å²) in [5.41, 5.74) is 1.53. The van der Waals surface area contributed by atoms with Gasteiger partial charge in [-0.25, -0.2) is 9.78 Å². The number of ether oxygens (including phenoxy) is 2. The average Bonchev–Trinajstić information content (AvgIpc) is 2.99. The number of nitrogens with zero attached hydrogens (tertiary/aromatic N) is 3. The number of aromatic nitrogens is 3. The maximum atomic E-state index is 13.6. The monoisotopic (exact) mass is 574 g/mol. The molecule has 3 heterocycles. The quantitative estimate of drug-likeness (QED) is 0.265. The Hall–Kier alpha value is -4.54. The zero-order valence-corrected chi connectivity index (χ0v) is 22.7. The number of hydrogen-bond donors (Lipinski definition) is 2. The van der Waals surface area contributed by atoms with Crippen molar-refractivity contribution in [1.82, 2.24) is 14.5 Å². The lowest BCUT2D eigenvalue weighted by atomic mass is 9.92. The van der Waals surface area contributed by atoms with E-state index < -0.39 is 5.97 Å². The first-order valence-corrected chi connectivity index (χ1v) is 13.4. The van der Waals surface area contributed by atoms with Crippen molar-refractivity contribution in [3.05, 3.63) is 105 Å². The first-order valence-electron chi connectivity index (χ1n) is 13.0. The molecule has 1 aliphatic heterocycles. The molecular formula is C30H27ClN4O6. The smallest absolute Gasteiger partial charge is 0.337 e. The van der Waals surface area contributed by atoms with Crippen LogP contribution in [0.5, 0.6) is 11.5 Å². The number of benzene rings is 2. The molecule has 11 heteroatoms. The SMILES string of the molecule is O=C(O)c1cncc(Oc2ccc(Nc3ncc(CC(=O)C4CCOCC4)c(=O)n3Cc3ccc(Cl)cc3)cc2)c1. The minimum absolute atomic E-state index is 0.0152. The number of ketones is 1. The van der Waals surface area contributed by atoms with Crippen molar-refractivity contribution in [3.63, 3.8) is 0 Å². The molecule has 0 unspecified atom stereocenters. The molecule has 2 aromatic carbocycles. The largest absolute Gasteiger partial charge is 0.478 e. The number of carboxylic acid groups (broad SMARTS) is 1. The molecule has 41 heavy (non-hydrogen) atoms. The third kappa shape index (κ3) is 7.16. The van der Waals surface area contributed by atoms with Crippen molar-refractivity contribution in [3.8, 4) is 11.5 Å². The van der Waals surface area contributed by atoms with Gasteiger partial charge in [0.05, 0.1) is 18.3 Å². The molecule has 0 saturated carbocycles. The predicted molar refractivity (Wildman–Crippen MR) is 152 cm³/mol. The Bertz CT molecular complexity index is 1600. The summed E-state index contributed by atoms with van der Waals surface area (Å²) in [6.07, 6.45) is 5.46. The normalized spacial score (nSPS) is 13.5. The molecule has 1 aliphatic rings. The highest BCUT2D eigenvalue weighted by molar-refractivity contribution is 6.30. The summed E-state index contributed by atoms with van der Waals surface area (Å²) in [6, 6.07) is 15.4. The number of anilines is 2. The molecular weight excluding hydrogens is 548 g/mol. The molecule has 4 aromatic rings. The lowest BCUT2D eigenvalue weighted by Gasteiger charge is -2.21. The zero-order valence-electron chi connectivity index (χ0n) is 22.0. The zero-order chi connectivity index (χ0) is 28.8. The van der Waals surface area contributed by atoms with Gasteiger partial charge in [-0.3, -0.25) is 19.1 Å². The van der Waals surface area contributed by atoms with Crippen LogP contribution in [0.4, 0.5) is 11.6 Å². The number of nitrogens with one attached hydrogen (secondary N) is 1. The number of hydrogen-bond acceptors (Lipinski definition) is 8. The summed E-state index contributed by atoms with van der Waals surface area (Å²) in [7, 11) is 0. The average molecular weight is 575 g/mol. The summed E-state index contributed by atoms with van der Waals surface area (Å²) in [5.74, 6) is -0.138. The number of rotatable bonds is 10. The number of pyridine rings is 1. The van der Waals surface area contributed by atoms with E-state index in [1.54, 1.807) is 36.4 Å². The maximum Gasteiger partial charge on any atom is 0.337 e. The van der Waals surface area contributed by atoms with Gasteiger partial charge in [0, 0.05) is 54.2 Å². The van der Waals surface area contributed by atoms with Gasteiger partial charge in [0.1, 0.15) is 17.3 Å². The second-order valence-corrected chi connectivity index (χ2v) is 10.1. The summed E-state index contributed by atoms with van der Waals surface area (Å²) in [4.78, 5) is 46.1. The fourth-order valence-electron chi connectivity index (χ4n) is 4.49. The molecule has 2 aromatic heterocycles. The lowest BCUT2D eigenvalue weighted by molar-refractivity contribution is -0.125. The molecule has 210 valence electrons. The van der Waals surface area contributed by atoms with Crippen molar-refractivity contribution in [2.24, 2.45) is 5.92 Å². The van der Waals surface area contributed by atoms with Crippen molar-refractivity contribution in [1.29, 1.82) is 0 Å². The van der Waals surface area contributed by atoms with Gasteiger partial charge >= 0.3 is 5.97 Å². The highest BCUT2D eigenvalue weighted by Gasteiger charge is 2.23. The van der Waals surface area contributed by atoms with Gasteiger partial charge in [-0.2, -0.15) is 0 Å². The molecule has 10 nitrogen and oxygen atoms in total. The van der Waals surface area contributed by atoms with Crippen molar-refractivity contribution < 1.29 is 24.2 Å². The van der Waals surface area contributed by atoms with Crippen molar-refractivity contribution in [2.75, 3.05) is 18.5 Å². The Labute approximate surface area is 240 Å². The van der Waals surface area contributed by atoms with E-state index in [1.165, 1.54) is 29.2 Å². The number of aromatic carboxylic acids is 1. The minimum atomic E-state index is -1.10. The second kappa shape index (κ2) is 12.8. The van der Waals surface area contributed by atoms with Crippen LogP contribution in [-0.2, 0) is 22.5 Å². The summed E-state index contributed by atoms with van der Waals surface area (Å²) >= 11 is 6.05. The van der Waals surface area contributed by atoms with Gasteiger partial charge < -0.3 is 19.9 Å². The molecule has 0 spiro atoms. The molecule has 0 amide bonds.